The molecular formula is C22H27N5O6. The molecule has 1 saturated carbocycles. The van der Waals surface area contributed by atoms with Crippen molar-refractivity contribution in [3.05, 3.63) is 12.2 Å². The van der Waals surface area contributed by atoms with Gasteiger partial charge in [0.25, 0.3) is 0 Å². The van der Waals surface area contributed by atoms with Gasteiger partial charge in [0.05, 0.1) is 19.4 Å². The van der Waals surface area contributed by atoms with Crippen molar-refractivity contribution in [2.24, 2.45) is 11.8 Å². The number of fused-ring (bicyclic) bond motifs is 1. The summed E-state index contributed by atoms with van der Waals surface area (Å²) in [4.78, 5) is 36.2. The Morgan fingerprint density at radius 2 is 1.97 bits per heavy atom. The summed E-state index contributed by atoms with van der Waals surface area (Å²) in [7, 11) is 1.41. The third-order valence-corrected chi connectivity index (χ3v) is 6.33. The highest BCUT2D eigenvalue weighted by Crippen LogP contribution is 2.33. The summed E-state index contributed by atoms with van der Waals surface area (Å²) in [6.07, 6.45) is 0.504. The standard InChI is InChI=1S/C22H27N5O6/c1-11(28)18-16(29)17(30)21(33-18)27-10-24-15-19(23)25-14(26-20(15)27)5-3-4-12-6-8-13(9-7-12)22(31)32-2/h10,12-13,16-18,21,29-30H,4,6-9H2,1-2H3,(H2,23,25,26)/t12?,13?,16?,17-,18+,21+/m0/s1. The minimum Gasteiger partial charge on any atom is -0.469 e. The van der Waals surface area contributed by atoms with Gasteiger partial charge in [-0.05, 0) is 44.4 Å². The largest absolute Gasteiger partial charge is 0.469 e. The molecule has 176 valence electrons. The number of carbonyl (C=O) groups excluding carboxylic acids is 2. The number of ketones is 1. The number of aromatic nitrogens is 4. The Morgan fingerprint density at radius 3 is 2.61 bits per heavy atom. The highest BCUT2D eigenvalue weighted by Gasteiger charge is 2.46. The van der Waals surface area contributed by atoms with E-state index < -0.39 is 30.3 Å². The van der Waals surface area contributed by atoms with Gasteiger partial charge in [-0.2, -0.15) is 0 Å². The van der Waals surface area contributed by atoms with Crippen LogP contribution >= 0.6 is 0 Å². The van der Waals surface area contributed by atoms with Crippen molar-refractivity contribution in [2.75, 3.05) is 12.8 Å². The molecule has 0 aromatic carbocycles. The number of esters is 1. The minimum atomic E-state index is -1.36. The first-order valence-electron chi connectivity index (χ1n) is 10.9. The van der Waals surface area contributed by atoms with Crippen LogP contribution in [0.5, 0.6) is 0 Å². The number of hydrogen-bond acceptors (Lipinski definition) is 10. The number of ether oxygens (including phenoxy) is 2. The topological polar surface area (TPSA) is 163 Å². The fourth-order valence-corrected chi connectivity index (χ4v) is 4.45. The highest BCUT2D eigenvalue weighted by atomic mass is 16.6. The van der Waals surface area contributed by atoms with E-state index in [9.17, 15) is 19.8 Å². The van der Waals surface area contributed by atoms with Crippen molar-refractivity contribution in [1.29, 1.82) is 0 Å². The summed E-state index contributed by atoms with van der Waals surface area (Å²) in [6.45, 7) is 1.28. The first-order valence-corrected chi connectivity index (χ1v) is 10.9. The zero-order valence-corrected chi connectivity index (χ0v) is 18.5. The predicted molar refractivity (Wildman–Crippen MR) is 115 cm³/mol. The van der Waals surface area contributed by atoms with Crippen LogP contribution in [-0.4, -0.2) is 66.9 Å². The zero-order valence-electron chi connectivity index (χ0n) is 18.5. The van der Waals surface area contributed by atoms with E-state index in [0.717, 1.165) is 25.7 Å². The van der Waals surface area contributed by atoms with Gasteiger partial charge in [-0.1, -0.05) is 5.92 Å². The van der Waals surface area contributed by atoms with E-state index in [1.165, 1.54) is 24.9 Å². The Bertz CT molecular complexity index is 1110. The van der Waals surface area contributed by atoms with Gasteiger partial charge in [-0.25, -0.2) is 15.0 Å². The lowest BCUT2D eigenvalue weighted by Gasteiger charge is -2.25. The number of aliphatic hydroxyl groups is 2. The van der Waals surface area contributed by atoms with Crippen molar-refractivity contribution < 1.29 is 29.3 Å². The summed E-state index contributed by atoms with van der Waals surface area (Å²) >= 11 is 0. The number of imidazole rings is 1. The predicted octanol–water partition coefficient (Wildman–Crippen LogP) is 0.338. The van der Waals surface area contributed by atoms with Crippen LogP contribution in [-0.2, 0) is 19.1 Å². The molecule has 3 heterocycles. The number of methoxy groups -OCH3 is 1. The number of aliphatic hydroxyl groups excluding tert-OH is 2. The normalized spacial score (nSPS) is 29.5. The van der Waals surface area contributed by atoms with Gasteiger partial charge in [-0.3, -0.25) is 14.2 Å². The summed E-state index contributed by atoms with van der Waals surface area (Å²) in [6, 6.07) is 0. The second kappa shape index (κ2) is 9.43. The molecule has 0 spiro atoms. The third kappa shape index (κ3) is 4.55. The summed E-state index contributed by atoms with van der Waals surface area (Å²) in [5.74, 6) is 6.17. The Kier molecular flexibility index (Phi) is 6.60. The lowest BCUT2D eigenvalue weighted by Crippen LogP contribution is -2.34. The third-order valence-electron chi connectivity index (χ3n) is 6.33. The average Bonchev–Trinajstić information content (AvgIpc) is 3.35. The fourth-order valence-electron chi connectivity index (χ4n) is 4.45. The SMILES string of the molecule is COC(=O)C1CCC(CC#Cc2nc(N)c3ncn([C@@H]4O[C@H](C(C)=O)C(O)[C@@H]4O)c3n2)CC1. The maximum absolute atomic E-state index is 11.7. The summed E-state index contributed by atoms with van der Waals surface area (Å²) < 4.78 is 11.8. The van der Waals surface area contributed by atoms with E-state index in [1.54, 1.807) is 0 Å². The molecule has 2 fully saturated rings. The number of Topliss-reactive ketones (excluding diaryl/α,β-unsaturated/α-hetero) is 1. The van der Waals surface area contributed by atoms with E-state index in [0.29, 0.717) is 17.9 Å². The van der Waals surface area contributed by atoms with Crippen LogP contribution in [0.1, 0.15) is 51.1 Å². The van der Waals surface area contributed by atoms with Crippen LogP contribution in [0, 0.1) is 23.7 Å². The van der Waals surface area contributed by atoms with E-state index in [2.05, 4.69) is 26.8 Å². The Labute approximate surface area is 190 Å². The first-order chi connectivity index (χ1) is 15.8. The molecule has 0 radical (unpaired) electrons. The Balaban J connectivity index is 1.50. The lowest BCUT2D eigenvalue weighted by molar-refractivity contribution is -0.146. The van der Waals surface area contributed by atoms with E-state index in [-0.39, 0.29) is 29.2 Å². The Hall–Kier alpha value is -3.07. The van der Waals surface area contributed by atoms with Crippen molar-refractivity contribution in [3.8, 4) is 11.8 Å². The van der Waals surface area contributed by atoms with Gasteiger partial charge in [0, 0.05) is 6.42 Å². The quantitative estimate of drug-likeness (QED) is 0.431. The van der Waals surface area contributed by atoms with Crippen molar-refractivity contribution >= 4 is 28.7 Å². The minimum absolute atomic E-state index is 0.0284. The zero-order chi connectivity index (χ0) is 23.7. The van der Waals surface area contributed by atoms with Crippen LogP contribution in [0.4, 0.5) is 5.82 Å². The van der Waals surface area contributed by atoms with Crippen LogP contribution in [0.2, 0.25) is 0 Å². The monoisotopic (exact) mass is 457 g/mol. The molecule has 0 amide bonds. The molecule has 1 unspecified atom stereocenters. The van der Waals surface area contributed by atoms with Crippen LogP contribution in [0.3, 0.4) is 0 Å². The molecule has 33 heavy (non-hydrogen) atoms. The molecule has 2 aliphatic rings. The van der Waals surface area contributed by atoms with Gasteiger partial charge in [0.1, 0.15) is 23.8 Å². The van der Waals surface area contributed by atoms with E-state index >= 15 is 0 Å². The second-order valence-electron chi connectivity index (χ2n) is 8.54. The number of nitrogens with zero attached hydrogens (tertiary/aromatic N) is 4. The molecule has 4 rings (SSSR count). The molecule has 2 aromatic rings. The smallest absolute Gasteiger partial charge is 0.308 e. The van der Waals surface area contributed by atoms with Crippen molar-refractivity contribution in [1.82, 2.24) is 19.5 Å². The number of nitrogen functional groups attached to an aromatic ring is 1. The molecule has 1 aliphatic heterocycles. The molecule has 4 N–H and O–H groups in total. The summed E-state index contributed by atoms with van der Waals surface area (Å²) in [5, 5.41) is 20.5. The van der Waals surface area contributed by atoms with Gasteiger partial charge in [-0.15, -0.1) is 0 Å². The van der Waals surface area contributed by atoms with Gasteiger partial charge < -0.3 is 25.4 Å². The first kappa shape index (κ1) is 23.1. The molecule has 11 nitrogen and oxygen atoms in total. The van der Waals surface area contributed by atoms with Crippen LogP contribution in [0.15, 0.2) is 6.33 Å². The highest BCUT2D eigenvalue weighted by molar-refractivity contribution is 5.83. The number of nitrogens with two attached hydrogens (primary N) is 1. The molecule has 2 aromatic heterocycles. The molecule has 1 saturated heterocycles. The lowest BCUT2D eigenvalue weighted by atomic mass is 9.81. The maximum Gasteiger partial charge on any atom is 0.308 e. The van der Waals surface area contributed by atoms with Gasteiger partial charge in [0.15, 0.2) is 23.5 Å². The van der Waals surface area contributed by atoms with Crippen molar-refractivity contribution in [3.63, 3.8) is 0 Å². The van der Waals surface area contributed by atoms with Gasteiger partial charge in [0.2, 0.25) is 5.82 Å². The van der Waals surface area contributed by atoms with Gasteiger partial charge >= 0.3 is 5.97 Å². The second-order valence-corrected chi connectivity index (χ2v) is 8.54. The average molecular weight is 457 g/mol. The molecule has 11 heteroatoms. The molecule has 4 atom stereocenters. The molecule has 1 aliphatic carbocycles. The molecule has 0 bridgehead atoms. The van der Waals surface area contributed by atoms with Crippen LogP contribution in [0.25, 0.3) is 11.2 Å². The van der Waals surface area contributed by atoms with Crippen LogP contribution < -0.4 is 5.73 Å². The maximum atomic E-state index is 11.7. The number of rotatable bonds is 4. The summed E-state index contributed by atoms with van der Waals surface area (Å²) in [5.41, 5.74) is 6.62. The Morgan fingerprint density at radius 1 is 1.24 bits per heavy atom. The van der Waals surface area contributed by atoms with E-state index in [1.807, 2.05) is 0 Å². The van der Waals surface area contributed by atoms with E-state index in [4.69, 9.17) is 15.2 Å². The van der Waals surface area contributed by atoms with Crippen molar-refractivity contribution in [2.45, 2.75) is 63.6 Å². The fraction of sp³-hybridized carbons (Fsp3) is 0.591. The number of hydrogen-bond donors (Lipinski definition) is 3. The number of carbonyl (C=O) groups is 2. The molecular weight excluding hydrogens is 430 g/mol. The number of anilines is 1.